The lowest BCUT2D eigenvalue weighted by Crippen LogP contribution is -2.12. The second-order valence-corrected chi connectivity index (χ2v) is 4.14. The van der Waals surface area contributed by atoms with Gasteiger partial charge in [0.25, 0.3) is 11.6 Å². The minimum atomic E-state index is -0.527. The number of rotatable bonds is 4. The Morgan fingerprint density at radius 3 is 2.43 bits per heavy atom. The first-order valence-electron chi connectivity index (χ1n) is 5.94. The molecule has 0 saturated carbocycles. The van der Waals surface area contributed by atoms with Crippen molar-refractivity contribution >= 4 is 17.3 Å². The number of methoxy groups -OCH3 is 1. The van der Waals surface area contributed by atoms with E-state index in [2.05, 4.69) is 5.32 Å². The van der Waals surface area contributed by atoms with Crippen LogP contribution in [0.4, 0.5) is 11.4 Å². The monoisotopic (exact) mass is 288 g/mol. The molecule has 0 spiro atoms. The number of nitrogens with zero attached hydrogens (tertiary/aromatic N) is 1. The van der Waals surface area contributed by atoms with Gasteiger partial charge in [0.1, 0.15) is 11.5 Å². The van der Waals surface area contributed by atoms with Crippen molar-refractivity contribution in [1.29, 1.82) is 0 Å². The molecule has 0 radical (unpaired) electrons. The molecule has 0 unspecified atom stereocenters. The Labute approximate surface area is 119 Å². The first kappa shape index (κ1) is 14.3. The smallest absolute Gasteiger partial charge is 0.269 e. The molecule has 1 amide bonds. The quantitative estimate of drug-likeness (QED) is 0.665. The van der Waals surface area contributed by atoms with Crippen LogP contribution in [0.1, 0.15) is 10.4 Å². The van der Waals surface area contributed by atoms with Crippen molar-refractivity contribution in [3.63, 3.8) is 0 Å². The number of carbonyl (C=O) groups excluding carboxylic acids is 1. The van der Waals surface area contributed by atoms with Gasteiger partial charge >= 0.3 is 0 Å². The molecule has 0 bridgehead atoms. The van der Waals surface area contributed by atoms with Crippen LogP contribution in [0.5, 0.6) is 11.5 Å². The summed E-state index contributed by atoms with van der Waals surface area (Å²) in [6, 6.07) is 9.68. The topological polar surface area (TPSA) is 102 Å². The number of nitro benzene ring substituents is 1. The van der Waals surface area contributed by atoms with Crippen LogP contribution >= 0.6 is 0 Å². The number of nitro groups is 1. The number of hydrogen-bond donors (Lipinski definition) is 2. The number of benzene rings is 2. The predicted octanol–water partition coefficient (Wildman–Crippen LogP) is 2.56. The van der Waals surface area contributed by atoms with Crippen LogP contribution in [-0.4, -0.2) is 23.0 Å². The molecule has 2 N–H and O–H groups in total. The van der Waals surface area contributed by atoms with E-state index in [0.717, 1.165) is 0 Å². The summed E-state index contributed by atoms with van der Waals surface area (Å²) in [5, 5.41) is 22.8. The standard InChI is InChI=1S/C14H12N2O5/c1-21-11-6-7-12(13(17)8-11)14(18)15-9-2-4-10(5-3-9)16(19)20/h2-8,17H,1H3,(H,15,18). The van der Waals surface area contributed by atoms with Crippen molar-refractivity contribution in [2.75, 3.05) is 12.4 Å². The number of amides is 1. The van der Waals surface area contributed by atoms with Gasteiger partial charge in [-0.15, -0.1) is 0 Å². The number of phenols is 1. The normalized spacial score (nSPS) is 9.95. The molecule has 0 heterocycles. The SMILES string of the molecule is COc1ccc(C(=O)Nc2ccc([N+](=O)[O-])cc2)c(O)c1. The second-order valence-electron chi connectivity index (χ2n) is 4.14. The van der Waals surface area contributed by atoms with E-state index in [1.165, 1.54) is 43.5 Å². The molecule has 0 aliphatic rings. The molecule has 0 saturated heterocycles. The molecular formula is C14H12N2O5. The highest BCUT2D eigenvalue weighted by molar-refractivity contribution is 6.06. The van der Waals surface area contributed by atoms with Gasteiger partial charge in [-0.25, -0.2) is 0 Å². The number of nitrogens with one attached hydrogen (secondary N) is 1. The highest BCUT2D eigenvalue weighted by atomic mass is 16.6. The molecule has 0 aromatic heterocycles. The second kappa shape index (κ2) is 5.91. The third kappa shape index (κ3) is 3.27. The van der Waals surface area contributed by atoms with Gasteiger partial charge < -0.3 is 15.2 Å². The fourth-order valence-electron chi connectivity index (χ4n) is 1.70. The fraction of sp³-hybridized carbons (Fsp3) is 0.0714. The molecule has 2 aromatic rings. The highest BCUT2D eigenvalue weighted by Gasteiger charge is 2.13. The molecular weight excluding hydrogens is 276 g/mol. The Hall–Kier alpha value is -3.09. The van der Waals surface area contributed by atoms with Crippen LogP contribution in [-0.2, 0) is 0 Å². The van der Waals surface area contributed by atoms with E-state index >= 15 is 0 Å². The van der Waals surface area contributed by atoms with Gasteiger partial charge in [-0.3, -0.25) is 14.9 Å². The molecule has 21 heavy (non-hydrogen) atoms. The van der Waals surface area contributed by atoms with Gasteiger partial charge in [0.15, 0.2) is 0 Å². The van der Waals surface area contributed by atoms with E-state index in [-0.39, 0.29) is 17.0 Å². The minimum absolute atomic E-state index is 0.0692. The van der Waals surface area contributed by atoms with Crippen LogP contribution < -0.4 is 10.1 Å². The molecule has 0 atom stereocenters. The molecule has 0 aliphatic heterocycles. The summed E-state index contributed by atoms with van der Waals surface area (Å²) in [6.45, 7) is 0. The van der Waals surface area contributed by atoms with Gasteiger partial charge in [0.2, 0.25) is 0 Å². The van der Waals surface area contributed by atoms with E-state index in [4.69, 9.17) is 4.74 Å². The number of aromatic hydroxyl groups is 1. The average Bonchev–Trinajstić information content (AvgIpc) is 2.47. The minimum Gasteiger partial charge on any atom is -0.507 e. The van der Waals surface area contributed by atoms with Crippen molar-refractivity contribution in [1.82, 2.24) is 0 Å². The third-order valence-electron chi connectivity index (χ3n) is 2.79. The predicted molar refractivity (Wildman–Crippen MR) is 75.7 cm³/mol. The molecule has 0 fully saturated rings. The summed E-state index contributed by atoms with van der Waals surface area (Å²) < 4.78 is 4.93. The zero-order valence-corrected chi connectivity index (χ0v) is 11.1. The Bertz CT molecular complexity index is 682. The third-order valence-corrected chi connectivity index (χ3v) is 2.79. The number of ether oxygens (including phenoxy) is 1. The lowest BCUT2D eigenvalue weighted by Gasteiger charge is -2.08. The average molecular weight is 288 g/mol. The zero-order valence-electron chi connectivity index (χ0n) is 11.1. The molecule has 7 heteroatoms. The summed E-state index contributed by atoms with van der Waals surface area (Å²) in [7, 11) is 1.45. The number of hydrogen-bond acceptors (Lipinski definition) is 5. The van der Waals surface area contributed by atoms with Crippen molar-refractivity contribution in [3.8, 4) is 11.5 Å². The molecule has 0 aliphatic carbocycles. The summed E-state index contributed by atoms with van der Waals surface area (Å²) in [5.41, 5.74) is 0.398. The largest absolute Gasteiger partial charge is 0.507 e. The lowest BCUT2D eigenvalue weighted by molar-refractivity contribution is -0.384. The Morgan fingerprint density at radius 2 is 1.90 bits per heavy atom. The van der Waals surface area contributed by atoms with Gasteiger partial charge in [0.05, 0.1) is 17.6 Å². The zero-order chi connectivity index (χ0) is 15.4. The highest BCUT2D eigenvalue weighted by Crippen LogP contribution is 2.24. The van der Waals surface area contributed by atoms with Crippen LogP contribution in [0.3, 0.4) is 0 Å². The van der Waals surface area contributed by atoms with E-state index < -0.39 is 10.8 Å². The maximum Gasteiger partial charge on any atom is 0.269 e. The first-order valence-corrected chi connectivity index (χ1v) is 5.94. The van der Waals surface area contributed by atoms with Gasteiger partial charge in [-0.2, -0.15) is 0 Å². The van der Waals surface area contributed by atoms with Crippen LogP contribution in [0.25, 0.3) is 0 Å². The van der Waals surface area contributed by atoms with Crippen LogP contribution in [0.2, 0.25) is 0 Å². The van der Waals surface area contributed by atoms with Gasteiger partial charge in [-0.05, 0) is 24.3 Å². The van der Waals surface area contributed by atoms with E-state index in [1.54, 1.807) is 6.07 Å². The number of non-ortho nitro benzene ring substituents is 1. The maximum absolute atomic E-state index is 12.0. The number of phenolic OH excluding ortho intramolecular Hbond substituents is 1. The Balaban J connectivity index is 2.16. The van der Waals surface area contributed by atoms with E-state index in [0.29, 0.717) is 11.4 Å². The molecule has 2 rings (SSSR count). The lowest BCUT2D eigenvalue weighted by atomic mass is 10.1. The summed E-state index contributed by atoms with van der Waals surface area (Å²) in [4.78, 5) is 22.0. The number of carbonyl (C=O) groups is 1. The maximum atomic E-state index is 12.0. The van der Waals surface area contributed by atoms with Crippen LogP contribution in [0, 0.1) is 10.1 Å². The van der Waals surface area contributed by atoms with Crippen molar-refractivity contribution < 1.29 is 19.6 Å². The van der Waals surface area contributed by atoms with Gasteiger partial charge in [-0.1, -0.05) is 0 Å². The summed E-state index contributed by atoms with van der Waals surface area (Å²) in [5.74, 6) is -0.308. The van der Waals surface area contributed by atoms with Crippen molar-refractivity contribution in [2.24, 2.45) is 0 Å². The molecule has 2 aromatic carbocycles. The molecule has 7 nitrogen and oxygen atoms in total. The van der Waals surface area contributed by atoms with Crippen LogP contribution in [0.15, 0.2) is 42.5 Å². The van der Waals surface area contributed by atoms with Gasteiger partial charge in [0, 0.05) is 23.9 Å². The summed E-state index contributed by atoms with van der Waals surface area (Å²) >= 11 is 0. The fourth-order valence-corrected chi connectivity index (χ4v) is 1.70. The Morgan fingerprint density at radius 1 is 1.24 bits per heavy atom. The number of anilines is 1. The Kier molecular flexibility index (Phi) is 4.03. The molecule has 108 valence electrons. The van der Waals surface area contributed by atoms with Crippen molar-refractivity contribution in [2.45, 2.75) is 0 Å². The van der Waals surface area contributed by atoms with E-state index in [9.17, 15) is 20.0 Å². The first-order chi connectivity index (χ1) is 10.0. The van der Waals surface area contributed by atoms with Crippen molar-refractivity contribution in [3.05, 3.63) is 58.1 Å². The van der Waals surface area contributed by atoms with E-state index in [1.807, 2.05) is 0 Å². The summed E-state index contributed by atoms with van der Waals surface area (Å²) in [6.07, 6.45) is 0.